The van der Waals surface area contributed by atoms with Crippen LogP contribution in [0.2, 0.25) is 0 Å². The average Bonchev–Trinajstić information content (AvgIpc) is 2.48. The van der Waals surface area contributed by atoms with Gasteiger partial charge in [0.15, 0.2) is 0 Å². The first-order chi connectivity index (χ1) is 9.69. The largest absolute Gasteiger partial charge is 0.492 e. The van der Waals surface area contributed by atoms with Gasteiger partial charge in [0.25, 0.3) is 5.91 Å². The van der Waals surface area contributed by atoms with E-state index in [1.54, 1.807) is 24.3 Å². The molecule has 0 fully saturated rings. The highest BCUT2D eigenvalue weighted by Gasteiger charge is 2.07. The average molecular weight is 270 g/mol. The van der Waals surface area contributed by atoms with E-state index < -0.39 is 0 Å². The Morgan fingerprint density at radius 3 is 2.65 bits per heavy atom. The van der Waals surface area contributed by atoms with E-state index in [-0.39, 0.29) is 5.91 Å². The van der Waals surface area contributed by atoms with Crippen molar-refractivity contribution in [2.45, 2.75) is 6.92 Å². The molecule has 0 unspecified atom stereocenters. The molecule has 0 radical (unpaired) electrons. The third-order valence-corrected chi connectivity index (χ3v) is 2.79. The Kier molecular flexibility index (Phi) is 4.74. The minimum absolute atomic E-state index is 0.160. The fraction of sp³-hybridized carbons (Fsp3) is 0.188. The van der Waals surface area contributed by atoms with Gasteiger partial charge in [-0.25, -0.2) is 0 Å². The van der Waals surface area contributed by atoms with Crippen molar-refractivity contribution in [2.24, 2.45) is 5.73 Å². The van der Waals surface area contributed by atoms with E-state index in [1.807, 2.05) is 31.2 Å². The lowest BCUT2D eigenvalue weighted by Gasteiger charge is -2.08. The first-order valence-corrected chi connectivity index (χ1v) is 6.50. The monoisotopic (exact) mass is 270 g/mol. The second-order valence-corrected chi connectivity index (χ2v) is 4.49. The van der Waals surface area contributed by atoms with Crippen molar-refractivity contribution in [2.75, 3.05) is 18.5 Å². The SMILES string of the molecule is Cc1ccc(NC(=O)c2cccc(OCCN)c2)cc1. The second-order valence-electron chi connectivity index (χ2n) is 4.49. The summed E-state index contributed by atoms with van der Waals surface area (Å²) in [6.45, 7) is 2.88. The quantitative estimate of drug-likeness (QED) is 0.877. The van der Waals surface area contributed by atoms with Crippen molar-refractivity contribution in [3.8, 4) is 5.75 Å². The molecule has 104 valence electrons. The fourth-order valence-corrected chi connectivity index (χ4v) is 1.74. The van der Waals surface area contributed by atoms with Gasteiger partial charge in [-0.2, -0.15) is 0 Å². The molecule has 2 aromatic carbocycles. The topological polar surface area (TPSA) is 64.3 Å². The van der Waals surface area contributed by atoms with Crippen LogP contribution in [0.4, 0.5) is 5.69 Å². The molecule has 0 bridgehead atoms. The first kappa shape index (κ1) is 14.1. The zero-order valence-corrected chi connectivity index (χ0v) is 11.4. The summed E-state index contributed by atoms with van der Waals surface area (Å²) < 4.78 is 5.41. The van der Waals surface area contributed by atoms with Crippen molar-refractivity contribution < 1.29 is 9.53 Å². The van der Waals surface area contributed by atoms with Gasteiger partial charge in [0.1, 0.15) is 12.4 Å². The summed E-state index contributed by atoms with van der Waals surface area (Å²) in [7, 11) is 0. The standard InChI is InChI=1S/C16H18N2O2/c1-12-5-7-14(8-6-12)18-16(19)13-3-2-4-15(11-13)20-10-9-17/h2-8,11H,9-10,17H2,1H3,(H,18,19). The van der Waals surface area contributed by atoms with Crippen LogP contribution in [0.25, 0.3) is 0 Å². The number of carbonyl (C=O) groups excluding carboxylic acids is 1. The van der Waals surface area contributed by atoms with E-state index in [2.05, 4.69) is 5.32 Å². The highest BCUT2D eigenvalue weighted by Crippen LogP contribution is 2.15. The van der Waals surface area contributed by atoms with Gasteiger partial charge in [0, 0.05) is 17.8 Å². The Bertz CT molecular complexity index is 579. The van der Waals surface area contributed by atoms with Crippen molar-refractivity contribution in [1.29, 1.82) is 0 Å². The molecule has 0 aromatic heterocycles. The number of nitrogens with two attached hydrogens (primary N) is 1. The van der Waals surface area contributed by atoms with Crippen LogP contribution in [0, 0.1) is 6.92 Å². The highest BCUT2D eigenvalue weighted by atomic mass is 16.5. The normalized spacial score (nSPS) is 10.1. The first-order valence-electron chi connectivity index (χ1n) is 6.50. The van der Waals surface area contributed by atoms with Crippen LogP contribution in [0.5, 0.6) is 5.75 Å². The van der Waals surface area contributed by atoms with E-state index >= 15 is 0 Å². The van der Waals surface area contributed by atoms with E-state index in [4.69, 9.17) is 10.5 Å². The zero-order chi connectivity index (χ0) is 14.4. The van der Waals surface area contributed by atoms with Gasteiger partial charge in [-0.1, -0.05) is 23.8 Å². The predicted octanol–water partition coefficient (Wildman–Crippen LogP) is 2.58. The molecule has 0 saturated carbocycles. The number of rotatable bonds is 5. The Morgan fingerprint density at radius 2 is 1.95 bits per heavy atom. The number of amides is 1. The minimum atomic E-state index is -0.160. The van der Waals surface area contributed by atoms with Gasteiger partial charge in [0.05, 0.1) is 0 Å². The summed E-state index contributed by atoms with van der Waals surface area (Å²) in [6, 6.07) is 14.7. The van der Waals surface area contributed by atoms with Crippen molar-refractivity contribution >= 4 is 11.6 Å². The number of hydrogen-bond donors (Lipinski definition) is 2. The molecule has 4 nitrogen and oxygen atoms in total. The van der Waals surface area contributed by atoms with Crippen molar-refractivity contribution in [3.63, 3.8) is 0 Å². The van der Waals surface area contributed by atoms with Crippen LogP contribution in [-0.4, -0.2) is 19.1 Å². The lowest BCUT2D eigenvalue weighted by molar-refractivity contribution is 0.102. The molecule has 2 rings (SSSR count). The molecular formula is C16H18N2O2. The number of benzene rings is 2. The van der Waals surface area contributed by atoms with E-state index in [0.29, 0.717) is 24.5 Å². The minimum Gasteiger partial charge on any atom is -0.492 e. The maximum Gasteiger partial charge on any atom is 0.255 e. The van der Waals surface area contributed by atoms with Crippen LogP contribution < -0.4 is 15.8 Å². The highest BCUT2D eigenvalue weighted by molar-refractivity contribution is 6.04. The maximum absolute atomic E-state index is 12.1. The van der Waals surface area contributed by atoms with Crippen LogP contribution in [0.1, 0.15) is 15.9 Å². The number of aryl methyl sites for hydroxylation is 1. The molecule has 4 heteroatoms. The van der Waals surface area contributed by atoms with Crippen LogP contribution in [0.15, 0.2) is 48.5 Å². The van der Waals surface area contributed by atoms with E-state index in [1.165, 1.54) is 0 Å². The van der Waals surface area contributed by atoms with Crippen LogP contribution in [-0.2, 0) is 0 Å². The van der Waals surface area contributed by atoms with Gasteiger partial charge in [-0.05, 0) is 37.3 Å². The van der Waals surface area contributed by atoms with Crippen molar-refractivity contribution in [1.82, 2.24) is 0 Å². The van der Waals surface area contributed by atoms with Gasteiger partial charge < -0.3 is 15.8 Å². The van der Waals surface area contributed by atoms with Crippen LogP contribution in [0.3, 0.4) is 0 Å². The molecule has 20 heavy (non-hydrogen) atoms. The molecule has 0 aliphatic carbocycles. The maximum atomic E-state index is 12.1. The molecular weight excluding hydrogens is 252 g/mol. The molecule has 0 heterocycles. The summed E-state index contributed by atoms with van der Waals surface area (Å²) in [6.07, 6.45) is 0. The zero-order valence-electron chi connectivity index (χ0n) is 11.4. The molecule has 2 aromatic rings. The summed E-state index contributed by atoms with van der Waals surface area (Å²) in [4.78, 5) is 12.1. The Hall–Kier alpha value is -2.33. The number of nitrogens with one attached hydrogen (secondary N) is 1. The number of anilines is 1. The third kappa shape index (κ3) is 3.83. The molecule has 1 amide bonds. The summed E-state index contributed by atoms with van der Waals surface area (Å²) in [5, 5.41) is 2.85. The fourth-order valence-electron chi connectivity index (χ4n) is 1.74. The third-order valence-electron chi connectivity index (χ3n) is 2.79. The van der Waals surface area contributed by atoms with Gasteiger partial charge in [-0.15, -0.1) is 0 Å². The number of ether oxygens (including phenoxy) is 1. The summed E-state index contributed by atoms with van der Waals surface area (Å²) in [5.41, 5.74) is 7.86. The summed E-state index contributed by atoms with van der Waals surface area (Å²) >= 11 is 0. The second kappa shape index (κ2) is 6.73. The number of carbonyl (C=O) groups is 1. The molecule has 0 aliphatic rings. The smallest absolute Gasteiger partial charge is 0.255 e. The van der Waals surface area contributed by atoms with E-state index in [9.17, 15) is 4.79 Å². The summed E-state index contributed by atoms with van der Waals surface area (Å²) in [5.74, 6) is 0.485. The molecule has 0 saturated heterocycles. The molecule has 0 aliphatic heterocycles. The molecule has 3 N–H and O–H groups in total. The van der Waals surface area contributed by atoms with E-state index in [0.717, 1.165) is 11.3 Å². The lowest BCUT2D eigenvalue weighted by atomic mass is 10.2. The Balaban J connectivity index is 2.06. The van der Waals surface area contributed by atoms with Crippen molar-refractivity contribution in [3.05, 3.63) is 59.7 Å². The van der Waals surface area contributed by atoms with Gasteiger partial charge >= 0.3 is 0 Å². The Labute approximate surface area is 118 Å². The molecule has 0 spiro atoms. The predicted molar refractivity (Wildman–Crippen MR) is 80.1 cm³/mol. The number of hydrogen-bond acceptors (Lipinski definition) is 3. The lowest BCUT2D eigenvalue weighted by Crippen LogP contribution is -2.13. The van der Waals surface area contributed by atoms with Gasteiger partial charge in [-0.3, -0.25) is 4.79 Å². The Morgan fingerprint density at radius 1 is 1.20 bits per heavy atom. The van der Waals surface area contributed by atoms with Crippen LogP contribution >= 0.6 is 0 Å². The van der Waals surface area contributed by atoms with Gasteiger partial charge in [0.2, 0.25) is 0 Å². The molecule has 0 atom stereocenters.